The van der Waals surface area contributed by atoms with Gasteiger partial charge in [-0.15, -0.1) is 0 Å². The van der Waals surface area contributed by atoms with Gasteiger partial charge in [-0.1, -0.05) is 13.3 Å². The number of hydrogen-bond acceptors (Lipinski definition) is 2. The van der Waals surface area contributed by atoms with Gasteiger partial charge >= 0.3 is 0 Å². The minimum Gasteiger partial charge on any atom is -0.496 e. The van der Waals surface area contributed by atoms with Crippen LogP contribution in [0.15, 0.2) is 16.8 Å². The van der Waals surface area contributed by atoms with Gasteiger partial charge in [-0.05, 0) is 19.4 Å². The highest BCUT2D eigenvalue weighted by Crippen LogP contribution is 2.09. The van der Waals surface area contributed by atoms with Gasteiger partial charge in [0.05, 0.1) is 13.2 Å². The molecule has 0 aromatic carbocycles. The number of aliphatic imine (C=N–C) groups is 1. The van der Waals surface area contributed by atoms with Crippen molar-refractivity contribution < 1.29 is 4.74 Å². The van der Waals surface area contributed by atoms with E-state index in [1.807, 2.05) is 6.92 Å². The SMILES string of the molecule is CCCC1=NCC(OCC)=C1. The first-order valence-electron chi connectivity index (χ1n) is 4.23. The molecular weight excluding hydrogens is 138 g/mol. The van der Waals surface area contributed by atoms with Gasteiger partial charge in [-0.2, -0.15) is 0 Å². The Morgan fingerprint density at radius 1 is 1.55 bits per heavy atom. The summed E-state index contributed by atoms with van der Waals surface area (Å²) in [7, 11) is 0. The second-order valence-electron chi connectivity index (χ2n) is 2.60. The topological polar surface area (TPSA) is 21.6 Å². The number of ether oxygens (including phenoxy) is 1. The number of nitrogens with zero attached hydrogens (tertiary/aromatic N) is 1. The van der Waals surface area contributed by atoms with E-state index in [-0.39, 0.29) is 0 Å². The van der Waals surface area contributed by atoms with Crippen molar-refractivity contribution >= 4 is 5.71 Å². The fraction of sp³-hybridized carbons (Fsp3) is 0.667. The van der Waals surface area contributed by atoms with E-state index in [2.05, 4.69) is 18.0 Å². The first-order chi connectivity index (χ1) is 5.36. The van der Waals surface area contributed by atoms with Crippen LogP contribution in [0.4, 0.5) is 0 Å². The molecule has 62 valence electrons. The highest BCUT2D eigenvalue weighted by atomic mass is 16.5. The Morgan fingerprint density at radius 3 is 3.00 bits per heavy atom. The van der Waals surface area contributed by atoms with Crippen LogP contribution >= 0.6 is 0 Å². The lowest BCUT2D eigenvalue weighted by Crippen LogP contribution is -1.91. The number of allylic oxidation sites excluding steroid dienone is 1. The summed E-state index contributed by atoms with van der Waals surface area (Å²) in [5.74, 6) is 1.02. The van der Waals surface area contributed by atoms with Crippen LogP contribution in [0.3, 0.4) is 0 Å². The van der Waals surface area contributed by atoms with Crippen molar-refractivity contribution in [3.63, 3.8) is 0 Å². The number of hydrogen-bond donors (Lipinski definition) is 0. The lowest BCUT2D eigenvalue weighted by molar-refractivity contribution is 0.229. The molecular formula is C9H15NO. The predicted octanol–water partition coefficient (Wildman–Crippen LogP) is 2.16. The van der Waals surface area contributed by atoms with Crippen molar-refractivity contribution in [1.82, 2.24) is 0 Å². The Hall–Kier alpha value is -0.790. The van der Waals surface area contributed by atoms with E-state index in [0.29, 0.717) is 0 Å². The molecule has 0 aliphatic carbocycles. The quantitative estimate of drug-likeness (QED) is 0.606. The van der Waals surface area contributed by atoms with Crippen LogP contribution < -0.4 is 0 Å². The standard InChI is InChI=1S/C9H15NO/c1-3-5-8-6-9(7-10-8)11-4-2/h6H,3-5,7H2,1-2H3. The maximum absolute atomic E-state index is 5.33. The lowest BCUT2D eigenvalue weighted by atomic mass is 10.2. The van der Waals surface area contributed by atoms with Gasteiger partial charge in [0.2, 0.25) is 0 Å². The molecule has 2 nitrogen and oxygen atoms in total. The second-order valence-corrected chi connectivity index (χ2v) is 2.60. The minimum atomic E-state index is 0.751. The summed E-state index contributed by atoms with van der Waals surface area (Å²) in [4.78, 5) is 4.32. The molecule has 0 amide bonds. The predicted molar refractivity (Wildman–Crippen MR) is 46.9 cm³/mol. The van der Waals surface area contributed by atoms with Gasteiger partial charge < -0.3 is 4.74 Å². The molecule has 0 radical (unpaired) electrons. The molecule has 0 saturated carbocycles. The molecule has 1 heterocycles. The molecule has 2 heteroatoms. The molecule has 11 heavy (non-hydrogen) atoms. The summed E-state index contributed by atoms with van der Waals surface area (Å²) in [6.07, 6.45) is 4.30. The average Bonchev–Trinajstić information content (AvgIpc) is 2.38. The van der Waals surface area contributed by atoms with E-state index in [4.69, 9.17) is 4.74 Å². The van der Waals surface area contributed by atoms with Crippen LogP contribution in [0.2, 0.25) is 0 Å². The summed E-state index contributed by atoms with van der Waals surface area (Å²) < 4.78 is 5.33. The van der Waals surface area contributed by atoms with Crippen LogP contribution in [-0.2, 0) is 4.74 Å². The summed E-state index contributed by atoms with van der Waals surface area (Å²) in [5.41, 5.74) is 1.19. The molecule has 0 aromatic heterocycles. The lowest BCUT2D eigenvalue weighted by Gasteiger charge is -1.99. The molecule has 0 unspecified atom stereocenters. The highest BCUT2D eigenvalue weighted by molar-refractivity contribution is 5.97. The smallest absolute Gasteiger partial charge is 0.119 e. The summed E-state index contributed by atoms with van der Waals surface area (Å²) in [6.45, 7) is 5.66. The van der Waals surface area contributed by atoms with Crippen LogP contribution in [0.25, 0.3) is 0 Å². The van der Waals surface area contributed by atoms with Gasteiger partial charge in [-0.3, -0.25) is 4.99 Å². The van der Waals surface area contributed by atoms with E-state index in [1.165, 1.54) is 5.71 Å². The number of rotatable bonds is 4. The summed E-state index contributed by atoms with van der Waals surface area (Å²) >= 11 is 0. The molecule has 0 aromatic rings. The Balaban J connectivity index is 2.36. The molecule has 0 fully saturated rings. The van der Waals surface area contributed by atoms with Gasteiger partial charge in [0, 0.05) is 5.71 Å². The monoisotopic (exact) mass is 153 g/mol. The van der Waals surface area contributed by atoms with E-state index in [9.17, 15) is 0 Å². The van der Waals surface area contributed by atoms with Gasteiger partial charge in [0.1, 0.15) is 5.76 Å². The van der Waals surface area contributed by atoms with Gasteiger partial charge in [-0.25, -0.2) is 0 Å². The Bertz CT molecular complexity index is 182. The zero-order valence-corrected chi connectivity index (χ0v) is 7.26. The maximum Gasteiger partial charge on any atom is 0.119 e. The molecule has 0 atom stereocenters. The first-order valence-corrected chi connectivity index (χ1v) is 4.23. The molecule has 0 spiro atoms. The fourth-order valence-corrected chi connectivity index (χ4v) is 1.14. The van der Waals surface area contributed by atoms with E-state index >= 15 is 0 Å². The van der Waals surface area contributed by atoms with Crippen molar-refractivity contribution in [3.05, 3.63) is 11.8 Å². The van der Waals surface area contributed by atoms with Crippen LogP contribution in [0.1, 0.15) is 26.7 Å². The van der Waals surface area contributed by atoms with E-state index < -0.39 is 0 Å². The van der Waals surface area contributed by atoms with Crippen molar-refractivity contribution in [3.8, 4) is 0 Å². The largest absolute Gasteiger partial charge is 0.496 e. The summed E-state index contributed by atoms with van der Waals surface area (Å²) in [6, 6.07) is 0. The molecule has 0 saturated heterocycles. The van der Waals surface area contributed by atoms with E-state index in [1.54, 1.807) is 0 Å². The zero-order valence-electron chi connectivity index (χ0n) is 7.26. The average molecular weight is 153 g/mol. The van der Waals surface area contributed by atoms with Crippen molar-refractivity contribution in [2.24, 2.45) is 4.99 Å². The third-order valence-corrected chi connectivity index (χ3v) is 1.60. The Labute approximate surface area is 68.0 Å². The van der Waals surface area contributed by atoms with Crippen molar-refractivity contribution in [2.45, 2.75) is 26.7 Å². The third kappa shape index (κ3) is 2.37. The fourth-order valence-electron chi connectivity index (χ4n) is 1.14. The molecule has 0 N–H and O–H groups in total. The molecule has 1 aliphatic heterocycles. The first kappa shape index (κ1) is 8.31. The third-order valence-electron chi connectivity index (χ3n) is 1.60. The van der Waals surface area contributed by atoms with Crippen LogP contribution in [-0.4, -0.2) is 18.9 Å². The summed E-state index contributed by atoms with van der Waals surface area (Å²) in [5, 5.41) is 0. The normalized spacial score (nSPS) is 16.2. The van der Waals surface area contributed by atoms with Crippen LogP contribution in [0, 0.1) is 0 Å². The Morgan fingerprint density at radius 2 is 2.36 bits per heavy atom. The van der Waals surface area contributed by atoms with Crippen molar-refractivity contribution in [1.29, 1.82) is 0 Å². The molecule has 1 rings (SSSR count). The van der Waals surface area contributed by atoms with Crippen molar-refractivity contribution in [2.75, 3.05) is 13.2 Å². The zero-order chi connectivity index (χ0) is 8.10. The van der Waals surface area contributed by atoms with Gasteiger partial charge in [0.25, 0.3) is 0 Å². The highest BCUT2D eigenvalue weighted by Gasteiger charge is 2.06. The van der Waals surface area contributed by atoms with Crippen LogP contribution in [0.5, 0.6) is 0 Å². The molecule has 0 bridgehead atoms. The Kier molecular flexibility index (Phi) is 3.14. The minimum absolute atomic E-state index is 0.751. The molecule has 1 aliphatic rings. The van der Waals surface area contributed by atoms with E-state index in [0.717, 1.165) is 31.8 Å². The maximum atomic E-state index is 5.33. The second kappa shape index (κ2) is 4.16. The van der Waals surface area contributed by atoms with Gasteiger partial charge in [0.15, 0.2) is 0 Å².